The van der Waals surface area contributed by atoms with Gasteiger partial charge in [0.25, 0.3) is 5.91 Å². The van der Waals surface area contributed by atoms with E-state index in [4.69, 9.17) is 8.83 Å². The van der Waals surface area contributed by atoms with Crippen molar-refractivity contribution in [3.63, 3.8) is 0 Å². The van der Waals surface area contributed by atoms with Crippen LogP contribution >= 0.6 is 11.8 Å². The Balaban J connectivity index is 1.55. The molecule has 1 N–H and O–H groups in total. The van der Waals surface area contributed by atoms with E-state index in [1.54, 1.807) is 23.9 Å². The number of amides is 2. The molecule has 2 aromatic heterocycles. The Labute approximate surface area is 175 Å². The first-order valence-electron chi connectivity index (χ1n) is 9.75. The maximum absolute atomic E-state index is 13.0. The number of piperazine rings is 1. The van der Waals surface area contributed by atoms with Crippen LogP contribution in [-0.2, 0) is 11.3 Å². The van der Waals surface area contributed by atoms with Gasteiger partial charge in [-0.3, -0.25) is 14.5 Å². The van der Waals surface area contributed by atoms with E-state index in [9.17, 15) is 9.59 Å². The molecule has 158 valence electrons. The molecule has 3 rings (SSSR count). The van der Waals surface area contributed by atoms with Crippen molar-refractivity contribution < 1.29 is 18.4 Å². The van der Waals surface area contributed by atoms with Crippen molar-refractivity contribution in [2.75, 3.05) is 38.2 Å². The van der Waals surface area contributed by atoms with Gasteiger partial charge >= 0.3 is 0 Å². The molecule has 8 nitrogen and oxygen atoms in total. The molecule has 1 aliphatic rings. The number of nitrogens with zero attached hydrogens (tertiary/aromatic N) is 3. The van der Waals surface area contributed by atoms with Crippen molar-refractivity contribution in [3.05, 3.63) is 41.5 Å². The van der Waals surface area contributed by atoms with E-state index < -0.39 is 6.04 Å². The van der Waals surface area contributed by atoms with Gasteiger partial charge in [-0.2, -0.15) is 11.8 Å². The van der Waals surface area contributed by atoms with E-state index in [0.29, 0.717) is 31.9 Å². The number of nitrogens with one attached hydrogen (secondary N) is 1. The first-order chi connectivity index (χ1) is 14.0. The molecule has 29 heavy (non-hydrogen) atoms. The fourth-order valence-electron chi connectivity index (χ4n) is 3.28. The van der Waals surface area contributed by atoms with Crippen LogP contribution in [0.5, 0.6) is 0 Å². The summed E-state index contributed by atoms with van der Waals surface area (Å²) in [5, 5.41) is 2.84. The van der Waals surface area contributed by atoms with Crippen molar-refractivity contribution >= 4 is 23.6 Å². The summed E-state index contributed by atoms with van der Waals surface area (Å²) in [6, 6.07) is 2.70. The fourth-order valence-corrected chi connectivity index (χ4v) is 3.75. The lowest BCUT2D eigenvalue weighted by atomic mass is 10.1. The minimum atomic E-state index is -0.552. The number of hydrogen-bond donors (Lipinski definition) is 1. The molecule has 1 unspecified atom stereocenters. The summed E-state index contributed by atoms with van der Waals surface area (Å²) in [6.07, 6.45) is 4.02. The van der Waals surface area contributed by atoms with Crippen molar-refractivity contribution in [1.29, 1.82) is 0 Å². The first kappa shape index (κ1) is 21.4. The molecule has 0 bridgehead atoms. The molecule has 0 spiro atoms. The number of carbonyl (C=O) groups excluding carboxylic acids is 2. The van der Waals surface area contributed by atoms with E-state index in [2.05, 4.69) is 15.2 Å². The highest BCUT2D eigenvalue weighted by atomic mass is 32.2. The van der Waals surface area contributed by atoms with Crippen LogP contribution in [0.4, 0.5) is 0 Å². The molecular weight excluding hydrogens is 392 g/mol. The van der Waals surface area contributed by atoms with Gasteiger partial charge in [0.05, 0.1) is 18.5 Å². The molecule has 9 heteroatoms. The summed E-state index contributed by atoms with van der Waals surface area (Å²) in [7, 11) is 0. The molecule has 2 aromatic rings. The van der Waals surface area contributed by atoms with Crippen LogP contribution in [0.25, 0.3) is 0 Å². The summed E-state index contributed by atoms with van der Waals surface area (Å²) >= 11 is 1.65. The number of aryl methyl sites for hydroxylation is 2. The predicted octanol–water partition coefficient (Wildman–Crippen LogP) is 2.08. The van der Waals surface area contributed by atoms with Crippen LogP contribution in [-0.4, -0.2) is 70.8 Å². The zero-order valence-corrected chi connectivity index (χ0v) is 18.0. The number of rotatable bonds is 8. The van der Waals surface area contributed by atoms with E-state index >= 15 is 0 Å². The molecular formula is C20H28N4O4S. The van der Waals surface area contributed by atoms with Crippen molar-refractivity contribution in [1.82, 2.24) is 20.1 Å². The Morgan fingerprint density at radius 3 is 2.62 bits per heavy atom. The molecule has 1 aliphatic heterocycles. The fraction of sp³-hybridized carbons (Fsp3) is 0.550. The lowest BCUT2D eigenvalue weighted by Gasteiger charge is -2.36. The van der Waals surface area contributed by atoms with Gasteiger partial charge in [-0.1, -0.05) is 0 Å². The van der Waals surface area contributed by atoms with Crippen LogP contribution in [0.1, 0.15) is 34.3 Å². The summed E-state index contributed by atoms with van der Waals surface area (Å²) in [4.78, 5) is 33.9. The lowest BCUT2D eigenvalue weighted by molar-refractivity contribution is -0.135. The largest absolute Gasteiger partial charge is 0.459 e. The van der Waals surface area contributed by atoms with E-state index in [1.165, 1.54) is 6.26 Å². The van der Waals surface area contributed by atoms with Gasteiger partial charge in [-0.15, -0.1) is 0 Å². The Morgan fingerprint density at radius 1 is 1.28 bits per heavy atom. The molecule has 1 fully saturated rings. The van der Waals surface area contributed by atoms with Gasteiger partial charge in [0.1, 0.15) is 11.8 Å². The summed E-state index contributed by atoms with van der Waals surface area (Å²) < 4.78 is 10.8. The first-order valence-corrected chi connectivity index (χ1v) is 11.1. The normalized spacial score (nSPS) is 16.0. The SMILES string of the molecule is CSCCC(NC(=O)c1ccco1)C(=O)N1CCN(Cc2nc(C)c(C)o2)CC1. The number of thioether (sulfide) groups is 1. The van der Waals surface area contributed by atoms with Gasteiger partial charge in [-0.05, 0) is 44.4 Å². The van der Waals surface area contributed by atoms with Crippen LogP contribution in [0.3, 0.4) is 0 Å². The van der Waals surface area contributed by atoms with Gasteiger partial charge in [0, 0.05) is 26.2 Å². The van der Waals surface area contributed by atoms with Crippen LogP contribution in [0, 0.1) is 13.8 Å². The Hall–Kier alpha value is -2.26. The summed E-state index contributed by atoms with van der Waals surface area (Å²) in [6.45, 7) is 7.20. The third-order valence-electron chi connectivity index (χ3n) is 5.07. The molecule has 2 amide bonds. The highest BCUT2D eigenvalue weighted by molar-refractivity contribution is 7.98. The molecule has 0 aliphatic carbocycles. The maximum Gasteiger partial charge on any atom is 0.287 e. The zero-order valence-electron chi connectivity index (χ0n) is 17.1. The third-order valence-corrected chi connectivity index (χ3v) is 5.72. The van der Waals surface area contributed by atoms with E-state index in [0.717, 1.165) is 30.3 Å². The standard InChI is InChI=1S/C20H28N4O4S/c1-14-15(2)28-18(21-14)13-23-7-9-24(10-8-23)20(26)16(6-12-29-3)22-19(25)17-5-4-11-27-17/h4-5,11,16H,6-10,12-13H2,1-3H3,(H,22,25). The molecule has 0 aromatic carbocycles. The van der Waals surface area contributed by atoms with Crippen LogP contribution in [0.15, 0.2) is 27.2 Å². The topological polar surface area (TPSA) is 91.8 Å². The number of aromatic nitrogens is 1. The Kier molecular flexibility index (Phi) is 7.38. The summed E-state index contributed by atoms with van der Waals surface area (Å²) in [5.74, 6) is 2.16. The highest BCUT2D eigenvalue weighted by Crippen LogP contribution is 2.14. The van der Waals surface area contributed by atoms with Crippen molar-refractivity contribution in [3.8, 4) is 0 Å². The van der Waals surface area contributed by atoms with Gasteiger partial charge < -0.3 is 19.1 Å². The number of carbonyl (C=O) groups is 2. The van der Waals surface area contributed by atoms with Gasteiger partial charge in [0.15, 0.2) is 5.76 Å². The monoisotopic (exact) mass is 420 g/mol. The molecule has 1 saturated heterocycles. The molecule has 3 heterocycles. The van der Waals surface area contributed by atoms with Crippen molar-refractivity contribution in [2.24, 2.45) is 0 Å². The average molecular weight is 421 g/mol. The van der Waals surface area contributed by atoms with Crippen LogP contribution in [0.2, 0.25) is 0 Å². The minimum absolute atomic E-state index is 0.0404. The number of oxazole rings is 1. The van der Waals surface area contributed by atoms with E-state index in [1.807, 2.05) is 25.0 Å². The van der Waals surface area contributed by atoms with Gasteiger partial charge in [-0.25, -0.2) is 4.98 Å². The molecule has 1 atom stereocenters. The van der Waals surface area contributed by atoms with Crippen LogP contribution < -0.4 is 5.32 Å². The van der Waals surface area contributed by atoms with Gasteiger partial charge in [0.2, 0.25) is 11.8 Å². The lowest BCUT2D eigenvalue weighted by Crippen LogP contribution is -2.54. The zero-order chi connectivity index (χ0) is 20.8. The Bertz CT molecular complexity index is 793. The predicted molar refractivity (Wildman–Crippen MR) is 111 cm³/mol. The average Bonchev–Trinajstić information content (AvgIpc) is 3.35. The quantitative estimate of drug-likeness (QED) is 0.699. The summed E-state index contributed by atoms with van der Waals surface area (Å²) in [5.41, 5.74) is 0.915. The number of hydrogen-bond acceptors (Lipinski definition) is 7. The van der Waals surface area contributed by atoms with Crippen molar-refractivity contribution in [2.45, 2.75) is 32.9 Å². The minimum Gasteiger partial charge on any atom is -0.459 e. The third kappa shape index (κ3) is 5.63. The smallest absolute Gasteiger partial charge is 0.287 e. The second-order valence-corrected chi connectivity index (χ2v) is 8.12. The second-order valence-electron chi connectivity index (χ2n) is 7.14. The second kappa shape index (κ2) is 9.98. The number of furan rings is 1. The molecule has 0 radical (unpaired) electrons. The maximum atomic E-state index is 13.0. The highest BCUT2D eigenvalue weighted by Gasteiger charge is 2.29. The molecule has 0 saturated carbocycles. The van der Waals surface area contributed by atoms with E-state index in [-0.39, 0.29) is 17.6 Å². The Morgan fingerprint density at radius 2 is 2.03 bits per heavy atom.